The van der Waals surface area contributed by atoms with Crippen molar-refractivity contribution in [3.8, 4) is 5.75 Å². The summed E-state index contributed by atoms with van der Waals surface area (Å²) in [6, 6.07) is 13.7. The van der Waals surface area contributed by atoms with Gasteiger partial charge >= 0.3 is 0 Å². The van der Waals surface area contributed by atoms with E-state index in [9.17, 15) is 4.39 Å². The van der Waals surface area contributed by atoms with Gasteiger partial charge in [-0.15, -0.1) is 11.8 Å². The molecule has 1 unspecified atom stereocenters. The average Bonchev–Trinajstić information content (AvgIpc) is 3.34. The second kappa shape index (κ2) is 6.41. The summed E-state index contributed by atoms with van der Waals surface area (Å²) in [5.74, 6) is 1.90. The SMILES string of the molecule is COc1ccc2c(c1)C(NC1(Cc3cccc(F)c3)CC1)CCS2. The molecular formula is C20H22FNOS. The zero-order chi connectivity index (χ0) is 16.6. The lowest BCUT2D eigenvalue weighted by atomic mass is 9.98. The first kappa shape index (κ1) is 16.0. The molecule has 126 valence electrons. The van der Waals surface area contributed by atoms with E-state index in [0.29, 0.717) is 6.04 Å². The molecule has 2 aromatic carbocycles. The van der Waals surface area contributed by atoms with Gasteiger partial charge < -0.3 is 10.1 Å². The lowest BCUT2D eigenvalue weighted by Gasteiger charge is -2.31. The fraction of sp³-hybridized carbons (Fsp3) is 0.400. The summed E-state index contributed by atoms with van der Waals surface area (Å²) >= 11 is 1.92. The Labute approximate surface area is 146 Å². The highest BCUT2D eigenvalue weighted by atomic mass is 32.2. The molecule has 1 N–H and O–H groups in total. The fourth-order valence-corrected chi connectivity index (χ4v) is 4.69. The number of fused-ring (bicyclic) bond motifs is 1. The molecule has 4 rings (SSSR count). The quantitative estimate of drug-likeness (QED) is 0.847. The van der Waals surface area contributed by atoms with Crippen molar-refractivity contribution in [2.45, 2.75) is 42.2 Å². The molecule has 1 atom stereocenters. The van der Waals surface area contributed by atoms with Gasteiger partial charge in [0.25, 0.3) is 0 Å². The predicted molar refractivity (Wildman–Crippen MR) is 96.3 cm³/mol. The molecule has 0 aromatic heterocycles. The van der Waals surface area contributed by atoms with E-state index < -0.39 is 0 Å². The standard InChI is InChI=1S/C20H22FNOS/c1-23-16-5-6-19-17(12-16)18(7-10-24-19)22-20(8-9-20)13-14-3-2-4-15(21)11-14/h2-6,11-12,18,22H,7-10,13H2,1H3. The second-order valence-corrected chi connectivity index (χ2v) is 7.96. The first-order valence-electron chi connectivity index (χ1n) is 8.50. The molecule has 4 heteroatoms. The molecule has 0 amide bonds. The van der Waals surface area contributed by atoms with Gasteiger partial charge in [-0.1, -0.05) is 12.1 Å². The number of halogens is 1. The minimum Gasteiger partial charge on any atom is -0.497 e. The van der Waals surface area contributed by atoms with Crippen LogP contribution >= 0.6 is 11.8 Å². The number of nitrogens with one attached hydrogen (secondary N) is 1. The smallest absolute Gasteiger partial charge is 0.123 e. The summed E-state index contributed by atoms with van der Waals surface area (Å²) in [5.41, 5.74) is 2.55. The molecule has 1 aliphatic heterocycles. The van der Waals surface area contributed by atoms with Crippen LogP contribution < -0.4 is 10.1 Å². The van der Waals surface area contributed by atoms with Gasteiger partial charge in [-0.2, -0.15) is 0 Å². The summed E-state index contributed by atoms with van der Waals surface area (Å²) in [6.45, 7) is 0. The summed E-state index contributed by atoms with van der Waals surface area (Å²) in [5, 5.41) is 3.89. The molecule has 0 bridgehead atoms. The number of methoxy groups -OCH3 is 1. The normalized spacial score (nSPS) is 21.2. The van der Waals surface area contributed by atoms with Crippen LogP contribution in [-0.2, 0) is 6.42 Å². The van der Waals surface area contributed by atoms with Crippen molar-refractivity contribution in [2.75, 3.05) is 12.9 Å². The maximum Gasteiger partial charge on any atom is 0.123 e. The Hall–Kier alpha value is -1.52. The molecule has 24 heavy (non-hydrogen) atoms. The number of rotatable bonds is 5. The summed E-state index contributed by atoms with van der Waals surface area (Å²) in [4.78, 5) is 1.35. The molecular weight excluding hydrogens is 321 g/mol. The van der Waals surface area contributed by atoms with Crippen molar-refractivity contribution >= 4 is 11.8 Å². The van der Waals surface area contributed by atoms with Crippen molar-refractivity contribution < 1.29 is 9.13 Å². The van der Waals surface area contributed by atoms with Crippen molar-refractivity contribution in [1.29, 1.82) is 0 Å². The minimum absolute atomic E-state index is 0.126. The first-order valence-corrected chi connectivity index (χ1v) is 9.49. The van der Waals surface area contributed by atoms with Crippen LogP contribution in [0.1, 0.15) is 36.4 Å². The highest BCUT2D eigenvalue weighted by Gasteiger charge is 2.44. The first-order chi connectivity index (χ1) is 11.7. The lowest BCUT2D eigenvalue weighted by Crippen LogP contribution is -2.38. The third kappa shape index (κ3) is 3.31. The van der Waals surface area contributed by atoms with Crippen molar-refractivity contribution in [3.63, 3.8) is 0 Å². The van der Waals surface area contributed by atoms with Crippen LogP contribution in [0.15, 0.2) is 47.4 Å². The monoisotopic (exact) mass is 343 g/mol. The highest BCUT2D eigenvalue weighted by Crippen LogP contribution is 2.45. The van der Waals surface area contributed by atoms with Crippen LogP contribution in [-0.4, -0.2) is 18.4 Å². The Bertz CT molecular complexity index is 744. The van der Waals surface area contributed by atoms with Crippen LogP contribution in [0.5, 0.6) is 5.75 Å². The van der Waals surface area contributed by atoms with Gasteiger partial charge in [0.2, 0.25) is 0 Å². The van der Waals surface area contributed by atoms with Crippen molar-refractivity contribution in [3.05, 3.63) is 59.4 Å². The van der Waals surface area contributed by atoms with Gasteiger partial charge in [0.05, 0.1) is 7.11 Å². The second-order valence-electron chi connectivity index (χ2n) is 6.82. The lowest BCUT2D eigenvalue weighted by molar-refractivity contribution is 0.393. The maximum atomic E-state index is 13.5. The van der Waals surface area contributed by atoms with E-state index in [1.807, 2.05) is 23.9 Å². The van der Waals surface area contributed by atoms with E-state index in [2.05, 4.69) is 17.4 Å². The number of hydrogen-bond donors (Lipinski definition) is 1. The summed E-state index contributed by atoms with van der Waals surface area (Å²) in [6.07, 6.45) is 4.34. The van der Waals surface area contributed by atoms with Crippen LogP contribution in [0, 0.1) is 5.82 Å². The van der Waals surface area contributed by atoms with Gasteiger partial charge in [0.15, 0.2) is 0 Å². The Morgan fingerprint density at radius 3 is 2.88 bits per heavy atom. The molecule has 0 radical (unpaired) electrons. The molecule has 1 aliphatic carbocycles. The number of ether oxygens (including phenoxy) is 1. The van der Waals surface area contributed by atoms with Crippen LogP contribution in [0.4, 0.5) is 4.39 Å². The minimum atomic E-state index is -0.146. The maximum absolute atomic E-state index is 13.5. The molecule has 1 heterocycles. The number of benzene rings is 2. The van der Waals surface area contributed by atoms with Crippen LogP contribution in [0.25, 0.3) is 0 Å². The average molecular weight is 343 g/mol. The Balaban J connectivity index is 1.54. The predicted octanol–water partition coefficient (Wildman–Crippen LogP) is 4.74. The van der Waals surface area contributed by atoms with Crippen LogP contribution in [0.3, 0.4) is 0 Å². The van der Waals surface area contributed by atoms with Gasteiger partial charge in [-0.3, -0.25) is 0 Å². The third-order valence-corrected chi connectivity index (χ3v) is 6.14. The van der Waals surface area contributed by atoms with Gasteiger partial charge in [0, 0.05) is 16.5 Å². The van der Waals surface area contributed by atoms with E-state index in [1.54, 1.807) is 19.2 Å². The van der Waals surface area contributed by atoms with Crippen LogP contribution in [0.2, 0.25) is 0 Å². The largest absolute Gasteiger partial charge is 0.497 e. The third-order valence-electron chi connectivity index (χ3n) is 5.02. The molecule has 0 saturated heterocycles. The van der Waals surface area contributed by atoms with Crippen molar-refractivity contribution in [2.24, 2.45) is 0 Å². The van der Waals surface area contributed by atoms with E-state index in [1.165, 1.54) is 16.5 Å². The van der Waals surface area contributed by atoms with E-state index in [4.69, 9.17) is 4.74 Å². The van der Waals surface area contributed by atoms with Gasteiger partial charge in [-0.25, -0.2) is 4.39 Å². The Morgan fingerprint density at radius 1 is 1.25 bits per heavy atom. The Morgan fingerprint density at radius 2 is 2.12 bits per heavy atom. The zero-order valence-corrected chi connectivity index (χ0v) is 14.7. The zero-order valence-electron chi connectivity index (χ0n) is 13.8. The number of thioether (sulfide) groups is 1. The van der Waals surface area contributed by atoms with Gasteiger partial charge in [0.1, 0.15) is 11.6 Å². The fourth-order valence-electron chi connectivity index (χ4n) is 3.58. The molecule has 2 aromatic rings. The van der Waals surface area contributed by atoms with E-state index in [0.717, 1.165) is 42.7 Å². The number of hydrogen-bond acceptors (Lipinski definition) is 3. The topological polar surface area (TPSA) is 21.3 Å². The summed E-state index contributed by atoms with van der Waals surface area (Å²) < 4.78 is 18.9. The van der Waals surface area contributed by atoms with Crippen molar-refractivity contribution in [1.82, 2.24) is 5.32 Å². The molecule has 0 spiro atoms. The summed E-state index contributed by atoms with van der Waals surface area (Å²) in [7, 11) is 1.71. The molecule has 2 aliphatic rings. The highest BCUT2D eigenvalue weighted by molar-refractivity contribution is 7.99. The molecule has 1 saturated carbocycles. The van der Waals surface area contributed by atoms with E-state index >= 15 is 0 Å². The Kier molecular flexibility index (Phi) is 4.27. The molecule has 1 fully saturated rings. The van der Waals surface area contributed by atoms with E-state index in [-0.39, 0.29) is 11.4 Å². The van der Waals surface area contributed by atoms with Gasteiger partial charge in [-0.05, 0) is 72.9 Å². The molecule has 2 nitrogen and oxygen atoms in total.